The van der Waals surface area contributed by atoms with E-state index in [0.29, 0.717) is 0 Å². The van der Waals surface area contributed by atoms with Gasteiger partial charge in [0.05, 0.1) is 0 Å². The Kier molecular flexibility index (Phi) is 4.57. The monoisotopic (exact) mass is 268 g/mol. The summed E-state index contributed by atoms with van der Waals surface area (Å²) in [5, 5.41) is 0. The third-order valence-corrected chi connectivity index (χ3v) is 3.26. The summed E-state index contributed by atoms with van der Waals surface area (Å²) in [6.45, 7) is 5.98. The predicted octanol–water partition coefficient (Wildman–Crippen LogP) is 4.27. The average Bonchev–Trinajstić information content (AvgIpc) is 2.46. The second-order valence-electron chi connectivity index (χ2n) is 5.30. The van der Waals surface area contributed by atoms with Crippen LogP contribution in [0.25, 0.3) is 11.1 Å². The second-order valence-corrected chi connectivity index (χ2v) is 5.30. The van der Waals surface area contributed by atoms with Gasteiger partial charge in [0.15, 0.2) is 5.78 Å². The number of ketones is 1. The Morgan fingerprint density at radius 3 is 1.95 bits per heavy atom. The fraction of sp³-hybridized carbons (Fsp3) is 0.278. The summed E-state index contributed by atoms with van der Waals surface area (Å²) in [7, 11) is 0. The molecule has 0 aliphatic carbocycles. The van der Waals surface area contributed by atoms with Crippen LogP contribution >= 0.6 is 0 Å². The van der Waals surface area contributed by atoms with Gasteiger partial charge in [0.1, 0.15) is 12.4 Å². The van der Waals surface area contributed by atoms with Crippen molar-refractivity contribution in [2.24, 2.45) is 5.92 Å². The maximum absolute atomic E-state index is 11.5. The fourth-order valence-corrected chi connectivity index (χ4v) is 1.81. The molecule has 2 rings (SSSR count). The summed E-state index contributed by atoms with van der Waals surface area (Å²) in [5.41, 5.74) is 3.58. The van der Waals surface area contributed by atoms with Gasteiger partial charge < -0.3 is 4.74 Å². The smallest absolute Gasteiger partial charge is 0.172 e. The van der Waals surface area contributed by atoms with Crippen LogP contribution in [0.1, 0.15) is 19.4 Å². The van der Waals surface area contributed by atoms with Crippen LogP contribution in [0.2, 0.25) is 0 Å². The highest BCUT2D eigenvalue weighted by molar-refractivity contribution is 5.81. The fourth-order valence-electron chi connectivity index (χ4n) is 1.81. The normalized spacial score (nSPS) is 10.6. The molecule has 0 unspecified atom stereocenters. The van der Waals surface area contributed by atoms with Crippen molar-refractivity contribution in [1.82, 2.24) is 0 Å². The first-order chi connectivity index (χ1) is 9.56. The zero-order valence-corrected chi connectivity index (χ0v) is 12.2. The predicted molar refractivity (Wildman–Crippen MR) is 82.0 cm³/mol. The Balaban J connectivity index is 2.03. The molecule has 2 heteroatoms. The summed E-state index contributed by atoms with van der Waals surface area (Å²) in [6, 6.07) is 16.2. The van der Waals surface area contributed by atoms with Crippen LogP contribution in [0.15, 0.2) is 48.5 Å². The molecule has 0 amide bonds. The van der Waals surface area contributed by atoms with Crippen molar-refractivity contribution in [3.05, 3.63) is 54.1 Å². The number of hydrogen-bond acceptors (Lipinski definition) is 2. The van der Waals surface area contributed by atoms with Gasteiger partial charge in [-0.25, -0.2) is 0 Å². The lowest BCUT2D eigenvalue weighted by molar-refractivity contribution is -0.123. The van der Waals surface area contributed by atoms with Crippen LogP contribution in [-0.4, -0.2) is 12.4 Å². The van der Waals surface area contributed by atoms with Crippen molar-refractivity contribution in [2.45, 2.75) is 20.8 Å². The Bertz CT molecular complexity index is 565. The molecule has 104 valence electrons. The minimum absolute atomic E-state index is 0.0156. The molecule has 0 spiro atoms. The largest absolute Gasteiger partial charge is 0.486 e. The molecule has 0 fully saturated rings. The zero-order valence-electron chi connectivity index (χ0n) is 12.2. The van der Waals surface area contributed by atoms with Gasteiger partial charge in [-0.1, -0.05) is 55.8 Å². The summed E-state index contributed by atoms with van der Waals surface area (Å²) < 4.78 is 5.49. The van der Waals surface area contributed by atoms with Gasteiger partial charge in [-0.3, -0.25) is 4.79 Å². The Labute approximate surface area is 120 Å². The second kappa shape index (κ2) is 6.38. The van der Waals surface area contributed by atoms with Crippen LogP contribution in [0.4, 0.5) is 0 Å². The highest BCUT2D eigenvalue weighted by Gasteiger charge is 2.07. The van der Waals surface area contributed by atoms with Crippen molar-refractivity contribution in [1.29, 1.82) is 0 Å². The molecule has 0 atom stereocenters. The van der Waals surface area contributed by atoms with Crippen LogP contribution < -0.4 is 4.74 Å². The Morgan fingerprint density at radius 2 is 1.45 bits per heavy atom. The van der Waals surface area contributed by atoms with Gasteiger partial charge in [0, 0.05) is 5.92 Å². The van der Waals surface area contributed by atoms with E-state index >= 15 is 0 Å². The molecule has 0 saturated carbocycles. The van der Waals surface area contributed by atoms with E-state index in [4.69, 9.17) is 4.74 Å². The number of rotatable bonds is 5. The van der Waals surface area contributed by atoms with Crippen molar-refractivity contribution in [3.8, 4) is 16.9 Å². The van der Waals surface area contributed by atoms with Crippen LogP contribution in [-0.2, 0) is 4.79 Å². The quantitative estimate of drug-likeness (QED) is 0.809. The third-order valence-electron chi connectivity index (χ3n) is 3.26. The maximum atomic E-state index is 11.5. The molecule has 0 aliphatic heterocycles. The minimum atomic E-state index is 0.0156. The summed E-state index contributed by atoms with van der Waals surface area (Å²) in [4.78, 5) is 11.5. The number of aryl methyl sites for hydroxylation is 1. The zero-order chi connectivity index (χ0) is 14.5. The average molecular weight is 268 g/mol. The number of ether oxygens (including phenoxy) is 1. The number of hydrogen-bond donors (Lipinski definition) is 0. The first kappa shape index (κ1) is 14.3. The maximum Gasteiger partial charge on any atom is 0.172 e. The minimum Gasteiger partial charge on any atom is -0.486 e. The molecular weight excluding hydrogens is 248 g/mol. The van der Waals surface area contributed by atoms with Crippen LogP contribution in [0.3, 0.4) is 0 Å². The number of carbonyl (C=O) groups excluding carboxylic acids is 1. The third kappa shape index (κ3) is 3.70. The lowest BCUT2D eigenvalue weighted by Gasteiger charge is -2.08. The van der Waals surface area contributed by atoms with Crippen molar-refractivity contribution in [2.75, 3.05) is 6.61 Å². The molecule has 2 aromatic carbocycles. The van der Waals surface area contributed by atoms with E-state index in [9.17, 15) is 4.79 Å². The SMILES string of the molecule is Cc1ccc(-c2ccc(OCC(=O)C(C)C)cc2)cc1. The first-order valence-corrected chi connectivity index (χ1v) is 6.89. The molecule has 0 radical (unpaired) electrons. The van der Waals surface area contributed by atoms with Gasteiger partial charge in [0.2, 0.25) is 0 Å². The topological polar surface area (TPSA) is 26.3 Å². The summed E-state index contributed by atoms with van der Waals surface area (Å²) in [5.74, 6) is 0.865. The van der Waals surface area contributed by atoms with E-state index in [1.165, 1.54) is 11.1 Å². The molecule has 2 aromatic rings. The Hall–Kier alpha value is -2.09. The number of Topliss-reactive ketones (excluding diaryl/α,β-unsaturated/α-hetero) is 1. The standard InChI is InChI=1S/C18H20O2/c1-13(2)18(19)12-20-17-10-8-16(9-11-17)15-6-4-14(3)5-7-15/h4-11,13H,12H2,1-3H3. The van der Waals surface area contributed by atoms with E-state index < -0.39 is 0 Å². The molecule has 0 saturated heterocycles. The highest BCUT2D eigenvalue weighted by atomic mass is 16.5. The summed E-state index contributed by atoms with van der Waals surface area (Å²) >= 11 is 0. The molecule has 0 heterocycles. The Morgan fingerprint density at radius 1 is 0.950 bits per heavy atom. The van der Waals surface area contributed by atoms with Gasteiger partial charge in [0.25, 0.3) is 0 Å². The summed E-state index contributed by atoms with van der Waals surface area (Å²) in [6.07, 6.45) is 0. The van der Waals surface area contributed by atoms with E-state index in [0.717, 1.165) is 11.3 Å². The molecule has 0 N–H and O–H groups in total. The molecule has 0 bridgehead atoms. The van der Waals surface area contributed by atoms with Crippen LogP contribution in [0, 0.1) is 12.8 Å². The van der Waals surface area contributed by atoms with Gasteiger partial charge >= 0.3 is 0 Å². The lowest BCUT2D eigenvalue weighted by Crippen LogP contribution is -2.16. The van der Waals surface area contributed by atoms with E-state index in [1.807, 2.05) is 38.1 Å². The highest BCUT2D eigenvalue weighted by Crippen LogP contribution is 2.22. The van der Waals surface area contributed by atoms with Gasteiger partial charge in [-0.15, -0.1) is 0 Å². The van der Waals surface area contributed by atoms with E-state index in [1.54, 1.807) is 0 Å². The van der Waals surface area contributed by atoms with Crippen LogP contribution in [0.5, 0.6) is 5.75 Å². The molecule has 2 nitrogen and oxygen atoms in total. The van der Waals surface area contributed by atoms with Crippen molar-refractivity contribution >= 4 is 5.78 Å². The van der Waals surface area contributed by atoms with Crippen molar-refractivity contribution < 1.29 is 9.53 Å². The van der Waals surface area contributed by atoms with E-state index in [2.05, 4.69) is 31.2 Å². The molecular formula is C18H20O2. The number of carbonyl (C=O) groups is 1. The molecule has 0 aliphatic rings. The van der Waals surface area contributed by atoms with E-state index in [-0.39, 0.29) is 18.3 Å². The van der Waals surface area contributed by atoms with Gasteiger partial charge in [-0.2, -0.15) is 0 Å². The van der Waals surface area contributed by atoms with Crippen molar-refractivity contribution in [3.63, 3.8) is 0 Å². The van der Waals surface area contributed by atoms with Gasteiger partial charge in [-0.05, 0) is 30.2 Å². The lowest BCUT2D eigenvalue weighted by atomic mass is 10.0. The molecule has 0 aromatic heterocycles. The molecule has 20 heavy (non-hydrogen) atoms. The number of benzene rings is 2. The first-order valence-electron chi connectivity index (χ1n) is 6.89.